The lowest BCUT2D eigenvalue weighted by molar-refractivity contribution is 0.296. The van der Waals surface area contributed by atoms with Gasteiger partial charge in [0, 0.05) is 32.7 Å². The molecule has 0 saturated heterocycles. The first-order chi connectivity index (χ1) is 39.8. The first-order valence-electron chi connectivity index (χ1n) is 27.4. The Morgan fingerprint density at radius 1 is 0.476 bits per heavy atom. The Bertz CT molecular complexity index is 3970. The average Bonchev–Trinajstić information content (AvgIpc) is 4.52. The van der Waals surface area contributed by atoms with Crippen molar-refractivity contribution in [2.45, 2.75) is 58.5 Å². The summed E-state index contributed by atoms with van der Waals surface area (Å²) in [6.45, 7) is 7.80. The zero-order valence-corrected chi connectivity index (χ0v) is 48.2. The van der Waals surface area contributed by atoms with E-state index in [4.69, 9.17) is 21.6 Å². The highest BCUT2D eigenvalue weighted by Gasteiger charge is 2.36. The number of aryl methyl sites for hydroxylation is 1. The highest BCUT2D eigenvalue weighted by molar-refractivity contribution is 7.20. The molecule has 4 aliphatic heterocycles. The Kier molecular flexibility index (Phi) is 16.0. The van der Waals surface area contributed by atoms with E-state index >= 15 is 0 Å². The lowest BCUT2D eigenvalue weighted by atomic mass is 10.2. The van der Waals surface area contributed by atoms with Gasteiger partial charge in [0.1, 0.15) is 67.2 Å². The number of nitrogens with one attached hydrogen (secondary N) is 4. The van der Waals surface area contributed by atoms with Gasteiger partial charge in [-0.1, -0.05) is 98.6 Å². The molecule has 0 amide bonds. The standard InChI is InChI=1S/C19H18N4O.C16H17N3OS.C14H15N3OS.C13H13N3OS/c1-22-15-10-6-5-9-14(15)21-19(22)17-16(24)12-23(18(17)20)11-13-7-3-2-4-8-13;17-15-14(12(20)9-19(15)10-5-1-2-6-10)16-18-11-7-3-4-8-13(11)21-16;1-2-7-17-8-10(18)12(13(17)15)14-16-9-5-3-4-6-11(9)19-14;1-2-16-7-9(17)11(12(16)14)13-15-8-5-3-4-6-10(8)18-13/h2-10,20,24H,11-12H2,1H3;3-4,7-8,10,17,20H,1-2,5-6,9H2;3-6,15,18H,2,7-8H2,1H3;3-6,14,17H,2,7H2,1H3. The van der Waals surface area contributed by atoms with Crippen LogP contribution in [0.2, 0.25) is 0 Å². The zero-order chi connectivity index (χ0) is 57.2. The molecule has 1 fully saturated rings. The monoisotopic (exact) mass is 1150 g/mol. The zero-order valence-electron chi connectivity index (χ0n) is 45.7. The number of benzene rings is 5. The van der Waals surface area contributed by atoms with E-state index in [1.165, 1.54) is 35.5 Å². The van der Waals surface area contributed by atoms with Crippen molar-refractivity contribution in [2.75, 3.05) is 39.3 Å². The van der Waals surface area contributed by atoms with E-state index in [2.05, 4.69) is 26.9 Å². The molecule has 1 saturated carbocycles. The minimum Gasteiger partial charge on any atom is -0.510 e. The largest absolute Gasteiger partial charge is 0.510 e. The van der Waals surface area contributed by atoms with Crippen LogP contribution in [0.25, 0.3) is 64.0 Å². The number of aliphatic hydroxyl groups excluding tert-OH is 4. The topological polar surface area (TPSA) is 246 Å². The van der Waals surface area contributed by atoms with E-state index in [9.17, 15) is 20.4 Å². The number of nitrogens with zero attached hydrogens (tertiary/aromatic N) is 9. The molecule has 8 N–H and O–H groups in total. The molecule has 5 aliphatic rings. The number of aromatic nitrogens is 5. The van der Waals surface area contributed by atoms with Crippen molar-refractivity contribution in [3.8, 4) is 0 Å². The molecule has 8 heterocycles. The molecule has 20 heteroatoms. The van der Waals surface area contributed by atoms with E-state index in [1.54, 1.807) is 11.3 Å². The van der Waals surface area contributed by atoms with Gasteiger partial charge in [-0.3, -0.25) is 21.6 Å². The summed E-state index contributed by atoms with van der Waals surface area (Å²) in [6, 6.07) is 41.9. The summed E-state index contributed by atoms with van der Waals surface area (Å²) in [5, 5.41) is 76.3. The first kappa shape index (κ1) is 55.2. The minimum atomic E-state index is 0.203. The van der Waals surface area contributed by atoms with Crippen molar-refractivity contribution in [2.24, 2.45) is 7.05 Å². The van der Waals surface area contributed by atoms with Gasteiger partial charge in [-0.25, -0.2) is 19.9 Å². The molecule has 1 aliphatic carbocycles. The second-order valence-corrected chi connectivity index (χ2v) is 23.6. The van der Waals surface area contributed by atoms with Crippen LogP contribution < -0.4 is 0 Å². The molecule has 0 unspecified atom stereocenters. The predicted octanol–water partition coefficient (Wildman–Crippen LogP) is 13.3. The number of hydrogen-bond acceptors (Lipinski definition) is 15. The molecule has 9 aromatic rings. The summed E-state index contributed by atoms with van der Waals surface area (Å²) in [7, 11) is 1.91. The second kappa shape index (κ2) is 23.8. The number of thiazole rings is 3. The maximum absolute atomic E-state index is 10.5. The fourth-order valence-corrected chi connectivity index (χ4v) is 14.0. The van der Waals surface area contributed by atoms with Gasteiger partial charge in [0.25, 0.3) is 0 Å². The summed E-state index contributed by atoms with van der Waals surface area (Å²) >= 11 is 4.59. The molecule has 4 aromatic heterocycles. The predicted molar refractivity (Wildman–Crippen MR) is 334 cm³/mol. The maximum Gasteiger partial charge on any atom is 0.148 e. The van der Waals surface area contributed by atoms with Gasteiger partial charge < -0.3 is 44.6 Å². The van der Waals surface area contributed by atoms with Crippen LogP contribution in [0, 0.1) is 21.6 Å². The van der Waals surface area contributed by atoms with Gasteiger partial charge >= 0.3 is 0 Å². The summed E-state index contributed by atoms with van der Waals surface area (Å²) in [4.78, 5) is 25.8. The van der Waals surface area contributed by atoms with Crippen molar-refractivity contribution >= 4 is 121 Å². The first-order valence-corrected chi connectivity index (χ1v) is 29.8. The van der Waals surface area contributed by atoms with E-state index in [0.717, 1.165) is 94.6 Å². The molecule has 5 aromatic carbocycles. The van der Waals surface area contributed by atoms with Crippen molar-refractivity contribution in [3.05, 3.63) is 177 Å². The molecule has 0 atom stereocenters. The Hall–Kier alpha value is -8.72. The average molecular weight is 1150 g/mol. The lowest BCUT2D eigenvalue weighted by Gasteiger charge is -2.25. The van der Waals surface area contributed by atoms with Crippen molar-refractivity contribution in [1.29, 1.82) is 21.6 Å². The van der Waals surface area contributed by atoms with Crippen LogP contribution in [0.4, 0.5) is 0 Å². The number of imidazole rings is 1. The Morgan fingerprint density at radius 3 is 1.40 bits per heavy atom. The van der Waals surface area contributed by atoms with Gasteiger partial charge in [0.2, 0.25) is 0 Å². The van der Waals surface area contributed by atoms with Crippen LogP contribution in [0.15, 0.2) is 150 Å². The molecule has 0 radical (unpaired) electrons. The molecular formula is C62H63N13O4S3. The van der Waals surface area contributed by atoms with Crippen molar-refractivity contribution < 1.29 is 20.4 Å². The molecule has 0 spiro atoms. The highest BCUT2D eigenvalue weighted by Crippen LogP contribution is 2.38. The molecule has 82 heavy (non-hydrogen) atoms. The number of fused-ring (bicyclic) bond motifs is 4. The minimum absolute atomic E-state index is 0.203. The molecule has 418 valence electrons. The maximum atomic E-state index is 10.5. The third kappa shape index (κ3) is 11.0. The number of aliphatic hydroxyl groups is 4. The van der Waals surface area contributed by atoms with Crippen molar-refractivity contribution in [1.82, 2.24) is 44.1 Å². The van der Waals surface area contributed by atoms with Crippen LogP contribution in [-0.4, -0.2) is 133 Å². The fourth-order valence-electron chi connectivity index (χ4n) is 10.9. The van der Waals surface area contributed by atoms with Crippen LogP contribution in [0.5, 0.6) is 0 Å². The molecule has 14 rings (SSSR count). The normalized spacial score (nSPS) is 16.7. The smallest absolute Gasteiger partial charge is 0.148 e. The summed E-state index contributed by atoms with van der Waals surface area (Å²) in [5.74, 6) is 3.16. The van der Waals surface area contributed by atoms with Crippen LogP contribution in [0.1, 0.15) is 72.4 Å². The number of para-hydroxylation sites is 5. The van der Waals surface area contributed by atoms with Gasteiger partial charge in [0.15, 0.2) is 0 Å². The van der Waals surface area contributed by atoms with Gasteiger partial charge in [0.05, 0.1) is 90.2 Å². The SMILES string of the molecule is CCCN1CC(O)=C(c2nc3ccccc3s2)C1=N.CCN1CC(O)=C(c2nc3ccccc3s2)C1=N.Cn1c(C2=C(O)CN(Cc3ccccc3)C2=N)nc2ccccc21.N=C1C(c2nc3ccccc3s2)=C(O)CN1C1CCCC1. The highest BCUT2D eigenvalue weighted by atomic mass is 32.1. The Morgan fingerprint density at radius 2 is 0.902 bits per heavy atom. The van der Waals surface area contributed by atoms with Crippen molar-refractivity contribution in [3.63, 3.8) is 0 Å². The third-order valence-corrected chi connectivity index (χ3v) is 18.2. The summed E-state index contributed by atoms with van der Waals surface area (Å²) < 4.78 is 5.19. The molecule has 0 bridgehead atoms. The Labute approximate surface area is 486 Å². The van der Waals surface area contributed by atoms with Gasteiger partial charge in [-0.05, 0) is 80.3 Å². The van der Waals surface area contributed by atoms with Crippen LogP contribution in [-0.2, 0) is 13.6 Å². The number of rotatable bonds is 10. The quantitative estimate of drug-likeness (QED) is 0.0637. The number of hydrogen-bond donors (Lipinski definition) is 8. The second-order valence-electron chi connectivity index (χ2n) is 20.5. The lowest BCUT2D eigenvalue weighted by Crippen LogP contribution is -2.35. The number of likely N-dealkylation sites (N-methyl/N-ethyl adjacent to an activating group) is 1. The van der Waals surface area contributed by atoms with Crippen LogP contribution in [0.3, 0.4) is 0 Å². The van der Waals surface area contributed by atoms with E-state index in [0.29, 0.717) is 96.0 Å². The summed E-state index contributed by atoms with van der Waals surface area (Å²) in [5.41, 5.74) is 8.06. The van der Waals surface area contributed by atoms with E-state index < -0.39 is 0 Å². The molecule has 17 nitrogen and oxygen atoms in total. The molecular weight excluding hydrogens is 1090 g/mol. The Balaban J connectivity index is 0.000000115. The van der Waals surface area contributed by atoms with Crippen LogP contribution >= 0.6 is 34.0 Å². The fraction of sp³-hybridized carbons (Fsp3) is 0.258. The third-order valence-electron chi connectivity index (χ3n) is 15.1. The number of amidine groups is 4. The van der Waals surface area contributed by atoms with E-state index in [-0.39, 0.29) is 17.3 Å². The van der Waals surface area contributed by atoms with E-state index in [1.807, 2.05) is 166 Å². The van der Waals surface area contributed by atoms with Gasteiger partial charge in [-0.15, -0.1) is 34.0 Å². The van der Waals surface area contributed by atoms with Gasteiger partial charge in [-0.2, -0.15) is 0 Å². The summed E-state index contributed by atoms with van der Waals surface area (Å²) in [6.07, 6.45) is 5.67.